The van der Waals surface area contributed by atoms with Crippen molar-refractivity contribution in [3.8, 4) is 0 Å². The molecule has 0 nitrogen and oxygen atoms in total. The Morgan fingerprint density at radius 1 is 0.304 bits per heavy atom. The van der Waals surface area contributed by atoms with Gasteiger partial charge in [0.05, 0.1) is 0 Å². The highest BCUT2D eigenvalue weighted by atomic mass is 14.1. The van der Waals surface area contributed by atoms with Crippen molar-refractivity contribution >= 4 is 0 Å². The molecule has 0 aliphatic rings. The van der Waals surface area contributed by atoms with Crippen molar-refractivity contribution in [2.45, 2.75) is 138 Å². The summed E-state index contributed by atoms with van der Waals surface area (Å²) in [6.45, 7) is 14.2. The highest BCUT2D eigenvalue weighted by Crippen LogP contribution is 2.23. The minimum atomic E-state index is 0.534. The predicted octanol–water partition coefficient (Wildman–Crippen LogP) is 8.93. The molecule has 0 fully saturated rings. The van der Waals surface area contributed by atoms with E-state index in [1.54, 1.807) is 0 Å². The first-order valence-electron chi connectivity index (χ1n) is 10.7. The van der Waals surface area contributed by atoms with Crippen LogP contribution in [-0.2, 0) is 0 Å². The maximum Gasteiger partial charge on any atom is -0.0383 e. The molecular formula is C23H48. The zero-order valence-corrected chi connectivity index (χ0v) is 17.6. The molecule has 0 saturated heterocycles. The normalized spacial score (nSPS) is 12.8. The lowest BCUT2D eigenvalue weighted by atomic mass is 9.89. The van der Waals surface area contributed by atoms with Gasteiger partial charge in [0.2, 0.25) is 0 Å². The summed E-state index contributed by atoms with van der Waals surface area (Å²) >= 11 is 0. The van der Waals surface area contributed by atoms with Crippen LogP contribution in [0.3, 0.4) is 0 Å². The van der Waals surface area contributed by atoms with Gasteiger partial charge >= 0.3 is 0 Å². The summed E-state index contributed by atoms with van der Waals surface area (Å²) in [6, 6.07) is 0. The lowest BCUT2D eigenvalue weighted by Crippen LogP contribution is -2.03. The quantitative estimate of drug-likeness (QED) is 0.280. The monoisotopic (exact) mass is 324 g/mol. The van der Waals surface area contributed by atoms with Crippen LogP contribution in [0.15, 0.2) is 0 Å². The standard InChI is InChI=1S/C23H48/c1-22(2,3)20-18-16-14-12-10-8-7-9-11-13-15-17-19-21-23(4,5)6/h7-21H2,1-6H3. The van der Waals surface area contributed by atoms with E-state index in [0.29, 0.717) is 10.8 Å². The lowest BCUT2D eigenvalue weighted by Gasteiger charge is -2.17. The minimum absolute atomic E-state index is 0.534. The second-order valence-corrected chi connectivity index (χ2v) is 10.2. The zero-order valence-electron chi connectivity index (χ0n) is 17.6. The van der Waals surface area contributed by atoms with E-state index >= 15 is 0 Å². The smallest absolute Gasteiger partial charge is 0.0383 e. The second kappa shape index (κ2) is 13.3. The van der Waals surface area contributed by atoms with Gasteiger partial charge in [-0.2, -0.15) is 0 Å². The van der Waals surface area contributed by atoms with E-state index in [9.17, 15) is 0 Å². The SMILES string of the molecule is CC(C)(C)CCCCCCCCCCCCCCCC(C)(C)C. The average molecular weight is 325 g/mol. The maximum absolute atomic E-state index is 2.36. The van der Waals surface area contributed by atoms with Gasteiger partial charge in [-0.15, -0.1) is 0 Å². The first kappa shape index (κ1) is 23.0. The Morgan fingerprint density at radius 2 is 0.478 bits per heavy atom. The summed E-state index contributed by atoms with van der Waals surface area (Å²) in [6.07, 6.45) is 21.8. The van der Waals surface area contributed by atoms with Gasteiger partial charge in [0.25, 0.3) is 0 Å². The van der Waals surface area contributed by atoms with Crippen LogP contribution in [0.4, 0.5) is 0 Å². The summed E-state index contributed by atoms with van der Waals surface area (Å²) in [7, 11) is 0. The number of unbranched alkanes of at least 4 members (excludes halogenated alkanes) is 12. The Kier molecular flexibility index (Phi) is 13.3. The minimum Gasteiger partial charge on any atom is -0.0602 e. The molecule has 0 saturated carbocycles. The molecular weight excluding hydrogens is 276 g/mol. The van der Waals surface area contributed by atoms with E-state index < -0.39 is 0 Å². The molecule has 0 bridgehead atoms. The van der Waals surface area contributed by atoms with Crippen LogP contribution < -0.4 is 0 Å². The van der Waals surface area contributed by atoms with Gasteiger partial charge in [-0.1, -0.05) is 125 Å². The molecule has 0 radical (unpaired) electrons. The Labute approximate surface area is 149 Å². The highest BCUT2D eigenvalue weighted by Gasteiger charge is 2.09. The number of hydrogen-bond donors (Lipinski definition) is 0. The number of rotatable bonds is 14. The van der Waals surface area contributed by atoms with Crippen molar-refractivity contribution in [2.24, 2.45) is 10.8 Å². The van der Waals surface area contributed by atoms with Gasteiger partial charge in [-0.25, -0.2) is 0 Å². The molecule has 0 heterocycles. The fourth-order valence-corrected chi connectivity index (χ4v) is 3.26. The van der Waals surface area contributed by atoms with Crippen molar-refractivity contribution in [3.05, 3.63) is 0 Å². The molecule has 0 aromatic heterocycles. The van der Waals surface area contributed by atoms with E-state index in [1.807, 2.05) is 0 Å². The van der Waals surface area contributed by atoms with Crippen molar-refractivity contribution in [3.63, 3.8) is 0 Å². The average Bonchev–Trinajstić information content (AvgIpc) is 2.40. The topological polar surface area (TPSA) is 0 Å². The third-order valence-electron chi connectivity index (χ3n) is 4.85. The van der Waals surface area contributed by atoms with Crippen molar-refractivity contribution < 1.29 is 0 Å². The fourth-order valence-electron chi connectivity index (χ4n) is 3.26. The predicted molar refractivity (Wildman–Crippen MR) is 108 cm³/mol. The largest absolute Gasteiger partial charge is 0.0602 e. The molecule has 23 heavy (non-hydrogen) atoms. The third kappa shape index (κ3) is 22.0. The Hall–Kier alpha value is 0. The van der Waals surface area contributed by atoms with Crippen LogP contribution in [0.2, 0.25) is 0 Å². The zero-order chi connectivity index (χ0) is 17.6. The molecule has 0 aliphatic heterocycles. The number of hydrogen-bond acceptors (Lipinski definition) is 0. The van der Waals surface area contributed by atoms with E-state index in [-0.39, 0.29) is 0 Å². The van der Waals surface area contributed by atoms with Crippen molar-refractivity contribution in [1.29, 1.82) is 0 Å². The molecule has 0 aliphatic carbocycles. The Morgan fingerprint density at radius 3 is 0.652 bits per heavy atom. The van der Waals surface area contributed by atoms with Crippen molar-refractivity contribution in [2.75, 3.05) is 0 Å². The van der Waals surface area contributed by atoms with Crippen LogP contribution in [0.5, 0.6) is 0 Å². The summed E-state index contributed by atoms with van der Waals surface area (Å²) in [5.74, 6) is 0. The molecule has 0 unspecified atom stereocenters. The van der Waals surface area contributed by atoms with Crippen LogP contribution in [0, 0.1) is 10.8 Å². The van der Waals surface area contributed by atoms with Crippen molar-refractivity contribution in [1.82, 2.24) is 0 Å². The van der Waals surface area contributed by atoms with Gasteiger partial charge in [0.15, 0.2) is 0 Å². The molecule has 140 valence electrons. The molecule has 0 aromatic carbocycles. The van der Waals surface area contributed by atoms with E-state index in [2.05, 4.69) is 41.5 Å². The van der Waals surface area contributed by atoms with Gasteiger partial charge < -0.3 is 0 Å². The Bertz CT molecular complexity index is 212. The molecule has 0 rings (SSSR count). The van der Waals surface area contributed by atoms with Gasteiger partial charge in [-0.3, -0.25) is 0 Å². The maximum atomic E-state index is 2.36. The van der Waals surface area contributed by atoms with Crippen LogP contribution >= 0.6 is 0 Å². The molecule has 0 aromatic rings. The fraction of sp³-hybridized carbons (Fsp3) is 1.00. The molecule has 0 amide bonds. The van der Waals surface area contributed by atoms with E-state index in [0.717, 1.165) is 0 Å². The second-order valence-electron chi connectivity index (χ2n) is 10.2. The molecule has 0 atom stereocenters. The van der Waals surface area contributed by atoms with Gasteiger partial charge in [0, 0.05) is 0 Å². The highest BCUT2D eigenvalue weighted by molar-refractivity contribution is 4.62. The van der Waals surface area contributed by atoms with Crippen LogP contribution in [0.25, 0.3) is 0 Å². The molecule has 0 heteroatoms. The lowest BCUT2D eigenvalue weighted by molar-refractivity contribution is 0.356. The van der Waals surface area contributed by atoms with Gasteiger partial charge in [0.1, 0.15) is 0 Å². The van der Waals surface area contributed by atoms with Crippen LogP contribution in [-0.4, -0.2) is 0 Å². The summed E-state index contributed by atoms with van der Waals surface area (Å²) in [5.41, 5.74) is 1.07. The first-order valence-corrected chi connectivity index (χ1v) is 10.7. The summed E-state index contributed by atoms with van der Waals surface area (Å²) < 4.78 is 0. The van der Waals surface area contributed by atoms with E-state index in [1.165, 1.54) is 96.3 Å². The summed E-state index contributed by atoms with van der Waals surface area (Å²) in [4.78, 5) is 0. The van der Waals surface area contributed by atoms with Gasteiger partial charge in [-0.05, 0) is 23.7 Å². The van der Waals surface area contributed by atoms with E-state index in [4.69, 9.17) is 0 Å². The third-order valence-corrected chi connectivity index (χ3v) is 4.85. The van der Waals surface area contributed by atoms with Crippen LogP contribution in [0.1, 0.15) is 138 Å². The summed E-state index contributed by atoms with van der Waals surface area (Å²) in [5, 5.41) is 0. The Balaban J connectivity index is 3.08. The first-order chi connectivity index (χ1) is 10.7. The molecule has 0 N–H and O–H groups in total. The molecule has 0 spiro atoms.